The third kappa shape index (κ3) is 5.04. The second-order valence-electron chi connectivity index (χ2n) is 4.28. The fraction of sp³-hybridized carbons (Fsp3) is 0.692. The molecule has 0 radical (unpaired) electrons. The topological polar surface area (TPSA) is 37.8 Å². The Morgan fingerprint density at radius 1 is 1.35 bits per heavy atom. The van der Waals surface area contributed by atoms with Crippen molar-refractivity contribution in [3.05, 3.63) is 23.3 Å². The quantitative estimate of drug-likeness (QED) is 0.811. The number of nitrogens with one attached hydrogen (secondary N) is 1. The fourth-order valence-electron chi connectivity index (χ4n) is 1.51. The molecular formula is C13H23N3S. The molecule has 0 spiro atoms. The van der Waals surface area contributed by atoms with Crippen LogP contribution >= 0.6 is 11.8 Å². The Morgan fingerprint density at radius 3 is 2.71 bits per heavy atom. The van der Waals surface area contributed by atoms with Gasteiger partial charge < -0.3 is 5.32 Å². The van der Waals surface area contributed by atoms with Crippen LogP contribution in [0.25, 0.3) is 0 Å². The minimum absolute atomic E-state index is 0.495. The van der Waals surface area contributed by atoms with E-state index in [2.05, 4.69) is 43.0 Å². The minimum atomic E-state index is 0.495. The molecule has 0 aromatic carbocycles. The zero-order chi connectivity index (χ0) is 12.7. The van der Waals surface area contributed by atoms with E-state index in [4.69, 9.17) is 0 Å². The van der Waals surface area contributed by atoms with Gasteiger partial charge in [0, 0.05) is 30.0 Å². The van der Waals surface area contributed by atoms with E-state index >= 15 is 0 Å². The van der Waals surface area contributed by atoms with Crippen molar-refractivity contribution in [1.29, 1.82) is 0 Å². The highest BCUT2D eigenvalue weighted by Gasteiger charge is 2.06. The lowest BCUT2D eigenvalue weighted by Crippen LogP contribution is -2.23. The Kier molecular flexibility index (Phi) is 6.52. The molecule has 1 aromatic heterocycles. The molecule has 0 saturated heterocycles. The average molecular weight is 253 g/mol. The summed E-state index contributed by atoms with van der Waals surface area (Å²) in [4.78, 5) is 9.07. The molecule has 96 valence electrons. The van der Waals surface area contributed by atoms with Gasteiger partial charge in [-0.2, -0.15) is 11.8 Å². The van der Waals surface area contributed by atoms with Crippen LogP contribution < -0.4 is 5.32 Å². The van der Waals surface area contributed by atoms with Crippen LogP contribution in [-0.2, 0) is 18.7 Å². The van der Waals surface area contributed by atoms with Crippen LogP contribution in [0.5, 0.6) is 0 Å². The van der Waals surface area contributed by atoms with Crippen molar-refractivity contribution in [2.24, 2.45) is 0 Å². The highest BCUT2D eigenvalue weighted by Crippen LogP contribution is 2.11. The molecule has 3 nitrogen and oxygen atoms in total. The lowest BCUT2D eigenvalue weighted by molar-refractivity contribution is 0.583. The second kappa shape index (κ2) is 7.67. The summed E-state index contributed by atoms with van der Waals surface area (Å²) in [5, 5.41) is 3.41. The summed E-state index contributed by atoms with van der Waals surface area (Å²) in [5.74, 6) is 2.99. The largest absolute Gasteiger partial charge is 0.310 e. The Morgan fingerprint density at radius 2 is 2.12 bits per heavy atom. The Labute approximate surface area is 109 Å². The predicted octanol–water partition coefficient (Wildman–Crippen LogP) is 2.79. The highest BCUT2D eigenvalue weighted by molar-refractivity contribution is 7.98. The van der Waals surface area contributed by atoms with Crippen molar-refractivity contribution in [3.63, 3.8) is 0 Å². The molecule has 0 bridgehead atoms. The first-order valence-corrected chi connectivity index (χ1v) is 7.47. The van der Waals surface area contributed by atoms with Crippen LogP contribution in [0.1, 0.15) is 44.8 Å². The summed E-state index contributed by atoms with van der Waals surface area (Å²) in [5.41, 5.74) is 2.41. The fourth-order valence-corrected chi connectivity index (χ4v) is 2.04. The van der Waals surface area contributed by atoms with Gasteiger partial charge in [0.25, 0.3) is 0 Å². The maximum atomic E-state index is 4.63. The lowest BCUT2D eigenvalue weighted by atomic mass is 10.2. The van der Waals surface area contributed by atoms with E-state index in [-0.39, 0.29) is 0 Å². The van der Waals surface area contributed by atoms with Crippen molar-refractivity contribution in [3.8, 4) is 0 Å². The Bertz CT molecular complexity index is 339. The first-order valence-electron chi connectivity index (χ1n) is 6.32. The van der Waals surface area contributed by atoms with Gasteiger partial charge in [-0.05, 0) is 12.2 Å². The van der Waals surface area contributed by atoms with Crippen molar-refractivity contribution in [2.45, 2.75) is 52.5 Å². The molecule has 0 unspecified atom stereocenters. The third-order valence-electron chi connectivity index (χ3n) is 2.48. The number of hydrogen-bond donors (Lipinski definition) is 1. The predicted molar refractivity (Wildman–Crippen MR) is 75.2 cm³/mol. The van der Waals surface area contributed by atoms with Crippen LogP contribution in [0.4, 0.5) is 0 Å². The lowest BCUT2D eigenvalue weighted by Gasteiger charge is -2.11. The second-order valence-corrected chi connectivity index (χ2v) is 5.56. The molecule has 1 heterocycles. The van der Waals surface area contributed by atoms with Crippen LogP contribution in [0.2, 0.25) is 0 Å². The molecule has 0 aliphatic rings. The van der Waals surface area contributed by atoms with Gasteiger partial charge in [-0.1, -0.05) is 27.7 Å². The van der Waals surface area contributed by atoms with Crippen LogP contribution in [0.3, 0.4) is 0 Å². The maximum absolute atomic E-state index is 4.63. The smallest absolute Gasteiger partial charge is 0.138 e. The van der Waals surface area contributed by atoms with E-state index in [9.17, 15) is 0 Å². The van der Waals surface area contributed by atoms with Gasteiger partial charge in [-0.15, -0.1) is 0 Å². The van der Waals surface area contributed by atoms with Gasteiger partial charge in [0.2, 0.25) is 0 Å². The van der Waals surface area contributed by atoms with Gasteiger partial charge in [0.15, 0.2) is 0 Å². The normalized spacial score (nSPS) is 11.1. The molecule has 0 aliphatic carbocycles. The van der Waals surface area contributed by atoms with E-state index in [0.29, 0.717) is 6.04 Å². The SMILES string of the molecule is CCSCc1ncc(CNC(C)C)c(CC)n1. The van der Waals surface area contributed by atoms with Gasteiger partial charge in [0.1, 0.15) is 5.82 Å². The van der Waals surface area contributed by atoms with Gasteiger partial charge >= 0.3 is 0 Å². The monoisotopic (exact) mass is 253 g/mol. The molecule has 0 atom stereocenters. The molecule has 0 saturated carbocycles. The Balaban J connectivity index is 2.71. The summed E-state index contributed by atoms with van der Waals surface area (Å²) < 4.78 is 0. The molecular weight excluding hydrogens is 230 g/mol. The van der Waals surface area contributed by atoms with Crippen LogP contribution in [-0.4, -0.2) is 21.8 Å². The van der Waals surface area contributed by atoms with Crippen molar-refractivity contribution >= 4 is 11.8 Å². The average Bonchev–Trinajstić information content (AvgIpc) is 2.34. The van der Waals surface area contributed by atoms with E-state index < -0.39 is 0 Å². The zero-order valence-electron chi connectivity index (χ0n) is 11.3. The number of aryl methyl sites for hydroxylation is 1. The molecule has 0 amide bonds. The summed E-state index contributed by atoms with van der Waals surface area (Å²) in [6.45, 7) is 9.48. The summed E-state index contributed by atoms with van der Waals surface area (Å²) in [7, 11) is 0. The van der Waals surface area contributed by atoms with Crippen molar-refractivity contribution in [2.75, 3.05) is 5.75 Å². The van der Waals surface area contributed by atoms with Gasteiger partial charge in [-0.25, -0.2) is 9.97 Å². The van der Waals surface area contributed by atoms with Gasteiger partial charge in [-0.3, -0.25) is 0 Å². The standard InChI is InChI=1S/C13H23N3S/c1-5-12-11(7-14-10(3)4)8-15-13(16-12)9-17-6-2/h8,10,14H,5-7,9H2,1-4H3. The summed E-state index contributed by atoms with van der Waals surface area (Å²) >= 11 is 1.86. The first kappa shape index (κ1) is 14.5. The minimum Gasteiger partial charge on any atom is -0.310 e. The summed E-state index contributed by atoms with van der Waals surface area (Å²) in [6, 6.07) is 0.495. The first-order chi connectivity index (χ1) is 8.17. The van der Waals surface area contributed by atoms with Crippen LogP contribution in [0, 0.1) is 0 Å². The van der Waals surface area contributed by atoms with E-state index in [1.807, 2.05) is 18.0 Å². The molecule has 1 aromatic rings. The van der Waals surface area contributed by atoms with E-state index in [1.165, 1.54) is 11.3 Å². The summed E-state index contributed by atoms with van der Waals surface area (Å²) in [6.07, 6.45) is 2.95. The molecule has 0 aliphatic heterocycles. The third-order valence-corrected chi connectivity index (χ3v) is 3.35. The van der Waals surface area contributed by atoms with Crippen LogP contribution in [0.15, 0.2) is 6.20 Å². The molecule has 1 rings (SSSR count). The van der Waals surface area contributed by atoms with E-state index in [1.54, 1.807) is 0 Å². The number of hydrogen-bond acceptors (Lipinski definition) is 4. The number of nitrogens with zero attached hydrogens (tertiary/aromatic N) is 2. The molecule has 17 heavy (non-hydrogen) atoms. The Hall–Kier alpha value is -0.610. The van der Waals surface area contributed by atoms with E-state index in [0.717, 1.165) is 30.3 Å². The number of aromatic nitrogens is 2. The molecule has 4 heteroatoms. The maximum Gasteiger partial charge on any atom is 0.138 e. The van der Waals surface area contributed by atoms with Crippen molar-refractivity contribution in [1.82, 2.24) is 15.3 Å². The highest BCUT2D eigenvalue weighted by atomic mass is 32.2. The number of thioether (sulfide) groups is 1. The number of rotatable bonds is 7. The van der Waals surface area contributed by atoms with Gasteiger partial charge in [0.05, 0.1) is 5.75 Å². The zero-order valence-corrected chi connectivity index (χ0v) is 12.1. The van der Waals surface area contributed by atoms with Crippen molar-refractivity contribution < 1.29 is 0 Å². The molecule has 1 N–H and O–H groups in total. The molecule has 0 fully saturated rings.